The lowest BCUT2D eigenvalue weighted by Gasteiger charge is -2.35. The van der Waals surface area contributed by atoms with Gasteiger partial charge in [-0.3, -0.25) is 4.90 Å². The number of aryl methyl sites for hydroxylation is 1. The second kappa shape index (κ2) is 8.98. The third-order valence-corrected chi connectivity index (χ3v) is 5.97. The van der Waals surface area contributed by atoms with Gasteiger partial charge in [0, 0.05) is 11.3 Å². The maximum Gasteiger partial charge on any atom is 0.326 e. The second-order valence-corrected chi connectivity index (χ2v) is 8.28. The van der Waals surface area contributed by atoms with Crippen LogP contribution in [0.5, 0.6) is 11.5 Å². The van der Waals surface area contributed by atoms with Crippen molar-refractivity contribution in [1.29, 1.82) is 0 Å². The van der Waals surface area contributed by atoms with Gasteiger partial charge in [-0.25, -0.2) is 4.79 Å². The standard InChI is InChI=1S/C27H24N4O4/c1-16-8-7-9-19(14-16)25-29-26(35-30-25)23-17(2)31(20-10-5-4-6-11-20)27(33)28-24(23)18-12-13-22(34-3)21(32)15-18/h4-15,24,32H,1-3H3,(H,28,33). The second-order valence-electron chi connectivity index (χ2n) is 8.28. The maximum atomic E-state index is 13.3. The molecule has 0 radical (unpaired) electrons. The fourth-order valence-electron chi connectivity index (χ4n) is 4.28. The van der Waals surface area contributed by atoms with Crippen molar-refractivity contribution in [2.24, 2.45) is 0 Å². The molecule has 35 heavy (non-hydrogen) atoms. The topological polar surface area (TPSA) is 101 Å². The van der Waals surface area contributed by atoms with E-state index >= 15 is 0 Å². The van der Waals surface area contributed by atoms with E-state index in [4.69, 9.17) is 9.26 Å². The zero-order chi connectivity index (χ0) is 24.5. The summed E-state index contributed by atoms with van der Waals surface area (Å²) in [6, 6.07) is 21.2. The number of urea groups is 1. The molecule has 0 saturated heterocycles. The number of anilines is 1. The molecule has 1 aliphatic heterocycles. The third kappa shape index (κ3) is 4.10. The molecule has 2 amide bonds. The molecule has 5 rings (SSSR count). The summed E-state index contributed by atoms with van der Waals surface area (Å²) < 4.78 is 10.9. The van der Waals surface area contributed by atoms with Gasteiger partial charge in [0.15, 0.2) is 11.5 Å². The van der Waals surface area contributed by atoms with Gasteiger partial charge >= 0.3 is 6.03 Å². The Hall–Kier alpha value is -4.59. The van der Waals surface area contributed by atoms with Crippen molar-refractivity contribution in [2.75, 3.05) is 12.0 Å². The highest BCUT2D eigenvalue weighted by molar-refractivity contribution is 6.01. The van der Waals surface area contributed by atoms with Gasteiger partial charge in [-0.15, -0.1) is 0 Å². The first kappa shape index (κ1) is 22.2. The summed E-state index contributed by atoms with van der Waals surface area (Å²) in [6.07, 6.45) is 0. The Morgan fingerprint density at radius 3 is 2.54 bits per heavy atom. The van der Waals surface area contributed by atoms with Crippen molar-refractivity contribution in [3.8, 4) is 22.9 Å². The quantitative estimate of drug-likeness (QED) is 0.403. The summed E-state index contributed by atoms with van der Waals surface area (Å²) >= 11 is 0. The minimum atomic E-state index is -0.634. The predicted molar refractivity (Wildman–Crippen MR) is 132 cm³/mol. The molecule has 1 atom stereocenters. The van der Waals surface area contributed by atoms with Gasteiger partial charge in [0.2, 0.25) is 5.82 Å². The van der Waals surface area contributed by atoms with Crippen LogP contribution in [0, 0.1) is 6.92 Å². The maximum absolute atomic E-state index is 13.3. The molecule has 8 heteroatoms. The number of para-hydroxylation sites is 1. The number of hydrogen-bond acceptors (Lipinski definition) is 6. The number of methoxy groups -OCH3 is 1. The summed E-state index contributed by atoms with van der Waals surface area (Å²) in [5, 5.41) is 17.6. The minimum Gasteiger partial charge on any atom is -0.504 e. The highest BCUT2D eigenvalue weighted by Crippen LogP contribution is 2.41. The Morgan fingerprint density at radius 2 is 1.83 bits per heavy atom. The lowest BCUT2D eigenvalue weighted by atomic mass is 9.94. The summed E-state index contributed by atoms with van der Waals surface area (Å²) in [5.74, 6) is 1.03. The fourth-order valence-corrected chi connectivity index (χ4v) is 4.28. The number of benzene rings is 3. The highest BCUT2D eigenvalue weighted by Gasteiger charge is 2.36. The number of allylic oxidation sites excluding steroid dienone is 1. The molecule has 2 N–H and O–H groups in total. The van der Waals surface area contributed by atoms with E-state index in [1.54, 1.807) is 23.1 Å². The lowest BCUT2D eigenvalue weighted by Crippen LogP contribution is -2.46. The Bertz CT molecular complexity index is 1430. The lowest BCUT2D eigenvalue weighted by molar-refractivity contribution is 0.244. The normalized spacial score (nSPS) is 15.8. The van der Waals surface area contributed by atoms with E-state index in [2.05, 4.69) is 15.5 Å². The first-order valence-corrected chi connectivity index (χ1v) is 11.1. The number of rotatable bonds is 5. The Morgan fingerprint density at radius 1 is 1.03 bits per heavy atom. The number of carbonyl (C=O) groups is 1. The van der Waals surface area contributed by atoms with Gasteiger partial charge in [-0.1, -0.05) is 53.2 Å². The first-order valence-electron chi connectivity index (χ1n) is 11.1. The van der Waals surface area contributed by atoms with Gasteiger partial charge in [0.05, 0.1) is 24.4 Å². The number of hydrogen-bond donors (Lipinski definition) is 2. The van der Waals surface area contributed by atoms with E-state index in [0.717, 1.165) is 11.1 Å². The van der Waals surface area contributed by atoms with Crippen molar-refractivity contribution in [3.05, 3.63) is 95.5 Å². The van der Waals surface area contributed by atoms with Gasteiger partial charge in [0.25, 0.3) is 5.89 Å². The van der Waals surface area contributed by atoms with Crippen LogP contribution in [-0.2, 0) is 0 Å². The van der Waals surface area contributed by atoms with Crippen LogP contribution in [0.3, 0.4) is 0 Å². The van der Waals surface area contributed by atoms with Crippen LogP contribution in [0.15, 0.2) is 83.0 Å². The van der Waals surface area contributed by atoms with Crippen LogP contribution in [0.2, 0.25) is 0 Å². The number of aromatic nitrogens is 2. The smallest absolute Gasteiger partial charge is 0.326 e. The fraction of sp³-hybridized carbons (Fsp3) is 0.148. The van der Waals surface area contributed by atoms with Gasteiger partial charge in [0.1, 0.15) is 0 Å². The summed E-state index contributed by atoms with van der Waals surface area (Å²) in [6.45, 7) is 3.84. The monoisotopic (exact) mass is 468 g/mol. The van der Waals surface area contributed by atoms with Gasteiger partial charge in [-0.05, 0) is 49.7 Å². The minimum absolute atomic E-state index is 0.0345. The van der Waals surface area contributed by atoms with Crippen LogP contribution in [0.1, 0.15) is 30.0 Å². The molecule has 176 valence electrons. The number of amides is 2. The van der Waals surface area contributed by atoms with Crippen LogP contribution in [0.4, 0.5) is 10.5 Å². The molecule has 0 fully saturated rings. The molecule has 0 bridgehead atoms. The van der Waals surface area contributed by atoms with E-state index in [1.807, 2.05) is 68.4 Å². The number of nitrogens with one attached hydrogen (secondary N) is 1. The van der Waals surface area contributed by atoms with E-state index in [-0.39, 0.29) is 17.7 Å². The Labute approximate surface area is 202 Å². The third-order valence-electron chi connectivity index (χ3n) is 5.97. The van der Waals surface area contributed by atoms with E-state index in [0.29, 0.717) is 34.1 Å². The summed E-state index contributed by atoms with van der Waals surface area (Å²) in [4.78, 5) is 19.5. The number of ether oxygens (including phenoxy) is 1. The molecule has 3 aromatic carbocycles. The van der Waals surface area contributed by atoms with Gasteiger partial charge in [-0.2, -0.15) is 4.98 Å². The van der Waals surface area contributed by atoms with Crippen LogP contribution < -0.4 is 15.0 Å². The van der Waals surface area contributed by atoms with E-state index < -0.39 is 6.04 Å². The first-order chi connectivity index (χ1) is 17.0. The molecule has 0 spiro atoms. The summed E-state index contributed by atoms with van der Waals surface area (Å²) in [7, 11) is 1.48. The molecule has 8 nitrogen and oxygen atoms in total. The molecule has 2 heterocycles. The number of phenolic OH excluding ortho intramolecular Hbond substituents is 1. The SMILES string of the molecule is COc1ccc(C2NC(=O)N(c3ccccc3)C(C)=C2c2nc(-c3cccc(C)c3)no2)cc1O. The molecule has 1 unspecified atom stereocenters. The van der Waals surface area contributed by atoms with Crippen LogP contribution in [-0.4, -0.2) is 28.4 Å². The Kier molecular flexibility index (Phi) is 5.70. The zero-order valence-electron chi connectivity index (χ0n) is 19.5. The van der Waals surface area contributed by atoms with Crippen LogP contribution in [0.25, 0.3) is 17.0 Å². The van der Waals surface area contributed by atoms with Crippen molar-refractivity contribution >= 4 is 17.3 Å². The Balaban J connectivity index is 1.66. The van der Waals surface area contributed by atoms with E-state index in [1.165, 1.54) is 7.11 Å². The molecule has 1 aliphatic rings. The number of aromatic hydroxyl groups is 1. The molecule has 1 aromatic heterocycles. The van der Waals surface area contributed by atoms with Crippen LogP contribution >= 0.6 is 0 Å². The van der Waals surface area contributed by atoms with Gasteiger partial charge < -0.3 is 19.7 Å². The zero-order valence-corrected chi connectivity index (χ0v) is 19.5. The largest absolute Gasteiger partial charge is 0.504 e. The number of carbonyl (C=O) groups excluding carboxylic acids is 1. The van der Waals surface area contributed by atoms with Crippen molar-refractivity contribution < 1.29 is 19.2 Å². The van der Waals surface area contributed by atoms with E-state index in [9.17, 15) is 9.90 Å². The number of phenols is 1. The van der Waals surface area contributed by atoms with Crippen molar-refractivity contribution in [2.45, 2.75) is 19.9 Å². The molecule has 4 aromatic rings. The summed E-state index contributed by atoms with van der Waals surface area (Å²) in [5.41, 5.74) is 4.53. The molecule has 0 aliphatic carbocycles. The average molecular weight is 469 g/mol. The van der Waals surface area contributed by atoms with Crippen molar-refractivity contribution in [3.63, 3.8) is 0 Å². The predicted octanol–water partition coefficient (Wildman–Crippen LogP) is 5.46. The molecular weight excluding hydrogens is 444 g/mol. The average Bonchev–Trinajstić information content (AvgIpc) is 3.34. The number of nitrogens with zero attached hydrogens (tertiary/aromatic N) is 3. The van der Waals surface area contributed by atoms with Crippen molar-refractivity contribution in [1.82, 2.24) is 15.5 Å². The molecule has 0 saturated carbocycles. The molecular formula is C27H24N4O4. The highest BCUT2D eigenvalue weighted by atomic mass is 16.5.